The molecular weight excluding hydrogens is 266 g/mol. The minimum atomic E-state index is -0.925. The summed E-state index contributed by atoms with van der Waals surface area (Å²) in [5.41, 5.74) is 2.34. The van der Waals surface area contributed by atoms with E-state index in [0.29, 0.717) is 12.8 Å². The maximum absolute atomic E-state index is 12.4. The van der Waals surface area contributed by atoms with E-state index < -0.39 is 5.97 Å². The molecule has 4 heteroatoms. The molecule has 1 aromatic carbocycles. The molecule has 1 aromatic rings. The molecule has 0 heterocycles. The van der Waals surface area contributed by atoms with Gasteiger partial charge in [0.1, 0.15) is 6.54 Å². The van der Waals surface area contributed by atoms with Gasteiger partial charge in [-0.05, 0) is 37.3 Å². The highest BCUT2D eigenvalue weighted by atomic mass is 16.4. The van der Waals surface area contributed by atoms with Crippen molar-refractivity contribution in [3.8, 4) is 0 Å². The summed E-state index contributed by atoms with van der Waals surface area (Å²) in [5, 5.41) is 9.03. The van der Waals surface area contributed by atoms with Gasteiger partial charge in [0, 0.05) is 12.5 Å². The van der Waals surface area contributed by atoms with Gasteiger partial charge >= 0.3 is 5.97 Å². The average Bonchev–Trinajstić information content (AvgIpc) is 2.97. The molecule has 0 unspecified atom stereocenters. The first-order chi connectivity index (χ1) is 10.1. The van der Waals surface area contributed by atoms with Crippen molar-refractivity contribution < 1.29 is 14.7 Å². The Balaban J connectivity index is 1.97. The Hall–Kier alpha value is -1.84. The zero-order valence-corrected chi connectivity index (χ0v) is 12.5. The van der Waals surface area contributed by atoms with Gasteiger partial charge in [0.15, 0.2) is 0 Å². The molecule has 0 aliphatic heterocycles. The summed E-state index contributed by atoms with van der Waals surface area (Å²) in [7, 11) is 0. The third-order valence-electron chi connectivity index (χ3n) is 4.26. The Morgan fingerprint density at radius 2 is 1.90 bits per heavy atom. The monoisotopic (exact) mass is 289 g/mol. The minimum absolute atomic E-state index is 0.0347. The van der Waals surface area contributed by atoms with Gasteiger partial charge in [0.2, 0.25) is 5.91 Å². The number of amides is 1. The smallest absolute Gasteiger partial charge is 0.323 e. The molecule has 21 heavy (non-hydrogen) atoms. The fourth-order valence-electron chi connectivity index (χ4n) is 3.06. The van der Waals surface area contributed by atoms with Crippen LogP contribution in [0, 0.1) is 6.92 Å². The summed E-state index contributed by atoms with van der Waals surface area (Å²) in [6, 6.07) is 8.13. The van der Waals surface area contributed by atoms with Crippen LogP contribution in [0.2, 0.25) is 0 Å². The van der Waals surface area contributed by atoms with Crippen LogP contribution in [-0.2, 0) is 16.0 Å². The number of hydrogen-bond acceptors (Lipinski definition) is 2. The van der Waals surface area contributed by atoms with Crippen molar-refractivity contribution in [2.24, 2.45) is 0 Å². The maximum atomic E-state index is 12.4. The van der Waals surface area contributed by atoms with E-state index in [-0.39, 0.29) is 18.5 Å². The van der Waals surface area contributed by atoms with E-state index in [9.17, 15) is 9.59 Å². The van der Waals surface area contributed by atoms with Gasteiger partial charge in [-0.3, -0.25) is 9.59 Å². The Bertz CT molecular complexity index is 507. The van der Waals surface area contributed by atoms with Crippen LogP contribution in [0.4, 0.5) is 0 Å². The van der Waals surface area contributed by atoms with E-state index >= 15 is 0 Å². The lowest BCUT2D eigenvalue weighted by Gasteiger charge is -2.27. The molecule has 4 nitrogen and oxygen atoms in total. The molecule has 1 saturated carbocycles. The molecule has 2 rings (SSSR count). The predicted octanol–water partition coefficient (Wildman–Crippen LogP) is 2.78. The van der Waals surface area contributed by atoms with Gasteiger partial charge in [0.05, 0.1) is 0 Å². The normalized spacial score (nSPS) is 15.1. The molecule has 0 bridgehead atoms. The number of aliphatic carboxylic acids is 1. The standard InChI is InChI=1S/C17H23NO3/c1-13-6-2-3-7-14(13)10-11-16(19)18(12-17(20)21)15-8-4-5-9-15/h2-3,6-7,15H,4-5,8-12H2,1H3,(H,20,21). The number of hydrogen-bond donors (Lipinski definition) is 1. The summed E-state index contributed by atoms with van der Waals surface area (Å²) in [6.45, 7) is 1.86. The van der Waals surface area contributed by atoms with Crippen molar-refractivity contribution in [1.82, 2.24) is 4.90 Å². The number of carboxylic acid groups (broad SMARTS) is 1. The van der Waals surface area contributed by atoms with E-state index in [1.54, 1.807) is 4.90 Å². The van der Waals surface area contributed by atoms with Gasteiger partial charge in [0.25, 0.3) is 0 Å². The fraction of sp³-hybridized carbons (Fsp3) is 0.529. The van der Waals surface area contributed by atoms with Crippen LogP contribution >= 0.6 is 0 Å². The van der Waals surface area contributed by atoms with Gasteiger partial charge < -0.3 is 10.0 Å². The third-order valence-corrected chi connectivity index (χ3v) is 4.26. The van der Waals surface area contributed by atoms with Crippen LogP contribution in [0.25, 0.3) is 0 Å². The van der Waals surface area contributed by atoms with Crippen molar-refractivity contribution >= 4 is 11.9 Å². The molecule has 1 aliphatic rings. The van der Waals surface area contributed by atoms with Gasteiger partial charge in [-0.15, -0.1) is 0 Å². The molecule has 0 radical (unpaired) electrons. The molecule has 0 saturated heterocycles. The Labute approximate surface area is 125 Å². The van der Waals surface area contributed by atoms with Crippen LogP contribution in [0.5, 0.6) is 0 Å². The van der Waals surface area contributed by atoms with Crippen molar-refractivity contribution in [1.29, 1.82) is 0 Å². The molecule has 0 aromatic heterocycles. The summed E-state index contributed by atoms with van der Waals surface area (Å²) in [5.74, 6) is -0.960. The topological polar surface area (TPSA) is 57.6 Å². The van der Waals surface area contributed by atoms with E-state index in [2.05, 4.69) is 0 Å². The quantitative estimate of drug-likeness (QED) is 0.876. The third kappa shape index (κ3) is 4.31. The average molecular weight is 289 g/mol. The lowest BCUT2D eigenvalue weighted by Crippen LogP contribution is -2.42. The second kappa shape index (κ2) is 7.25. The zero-order valence-electron chi connectivity index (χ0n) is 12.5. The number of carboxylic acids is 1. The summed E-state index contributed by atoms with van der Waals surface area (Å²) in [4.78, 5) is 25.0. The summed E-state index contributed by atoms with van der Waals surface area (Å²) in [6.07, 6.45) is 5.10. The lowest BCUT2D eigenvalue weighted by atomic mass is 10.0. The molecular formula is C17H23NO3. The minimum Gasteiger partial charge on any atom is -0.480 e. The number of nitrogens with zero attached hydrogens (tertiary/aromatic N) is 1. The second-order valence-corrected chi connectivity index (χ2v) is 5.78. The Kier molecular flexibility index (Phi) is 5.37. The lowest BCUT2D eigenvalue weighted by molar-refractivity contribution is -0.146. The molecule has 114 valence electrons. The van der Waals surface area contributed by atoms with Crippen LogP contribution in [0.1, 0.15) is 43.2 Å². The second-order valence-electron chi connectivity index (χ2n) is 5.78. The van der Waals surface area contributed by atoms with Crippen molar-refractivity contribution in [3.63, 3.8) is 0 Å². The van der Waals surface area contributed by atoms with Crippen LogP contribution in [-0.4, -0.2) is 34.5 Å². The van der Waals surface area contributed by atoms with Crippen molar-refractivity contribution in [3.05, 3.63) is 35.4 Å². The van der Waals surface area contributed by atoms with Gasteiger partial charge in [-0.1, -0.05) is 37.1 Å². The molecule has 1 fully saturated rings. The van der Waals surface area contributed by atoms with E-state index in [4.69, 9.17) is 5.11 Å². The first-order valence-corrected chi connectivity index (χ1v) is 7.63. The Morgan fingerprint density at radius 3 is 2.52 bits per heavy atom. The van der Waals surface area contributed by atoms with Gasteiger partial charge in [-0.2, -0.15) is 0 Å². The number of rotatable bonds is 6. The SMILES string of the molecule is Cc1ccccc1CCC(=O)N(CC(=O)O)C1CCCC1. The first-order valence-electron chi connectivity index (χ1n) is 7.63. The van der Waals surface area contributed by atoms with Crippen LogP contribution in [0.15, 0.2) is 24.3 Å². The highest BCUT2D eigenvalue weighted by Gasteiger charge is 2.27. The maximum Gasteiger partial charge on any atom is 0.323 e. The molecule has 1 aliphatic carbocycles. The zero-order chi connectivity index (χ0) is 15.2. The highest BCUT2D eigenvalue weighted by molar-refractivity contribution is 5.81. The fourth-order valence-corrected chi connectivity index (χ4v) is 3.06. The van der Waals surface area contributed by atoms with E-state index in [1.165, 1.54) is 5.56 Å². The number of benzene rings is 1. The first kappa shape index (κ1) is 15.5. The van der Waals surface area contributed by atoms with Crippen LogP contribution < -0.4 is 0 Å². The molecule has 0 atom stereocenters. The van der Waals surface area contributed by atoms with Crippen molar-refractivity contribution in [2.75, 3.05) is 6.54 Å². The molecule has 0 spiro atoms. The predicted molar refractivity (Wildman–Crippen MR) is 81.1 cm³/mol. The summed E-state index contributed by atoms with van der Waals surface area (Å²) >= 11 is 0. The van der Waals surface area contributed by atoms with Gasteiger partial charge in [-0.25, -0.2) is 0 Å². The number of carbonyl (C=O) groups is 2. The Morgan fingerprint density at radius 1 is 1.24 bits per heavy atom. The highest BCUT2D eigenvalue weighted by Crippen LogP contribution is 2.24. The summed E-state index contributed by atoms with van der Waals surface area (Å²) < 4.78 is 0. The largest absolute Gasteiger partial charge is 0.480 e. The van der Waals surface area contributed by atoms with E-state index in [1.807, 2.05) is 31.2 Å². The van der Waals surface area contributed by atoms with E-state index in [0.717, 1.165) is 31.2 Å². The van der Waals surface area contributed by atoms with Crippen LogP contribution in [0.3, 0.4) is 0 Å². The number of aryl methyl sites for hydroxylation is 2. The molecule has 1 N–H and O–H groups in total. The molecule has 1 amide bonds. The van der Waals surface area contributed by atoms with Crippen molar-refractivity contribution in [2.45, 2.75) is 51.5 Å². The number of carbonyl (C=O) groups excluding carboxylic acids is 1.